The van der Waals surface area contributed by atoms with E-state index < -0.39 is 19.4 Å². The van der Waals surface area contributed by atoms with Crippen LogP contribution in [0.3, 0.4) is 0 Å². The molecule has 0 spiro atoms. The largest absolute Gasteiger partial charge is 0.439 e. The van der Waals surface area contributed by atoms with Crippen LogP contribution in [0.15, 0.2) is 35.1 Å². The van der Waals surface area contributed by atoms with E-state index in [1.165, 1.54) is 0 Å². The summed E-state index contributed by atoms with van der Waals surface area (Å²) in [4.78, 5) is 27.4. The number of hydrogen-bond donors (Lipinski definition) is 1. The first-order valence-electron chi connectivity index (χ1n) is 10.4. The van der Waals surface area contributed by atoms with Gasteiger partial charge in [0.2, 0.25) is 5.91 Å². The average Bonchev–Trinajstić information content (AvgIpc) is 3.23. The second-order valence-corrected chi connectivity index (χ2v) is 7.84. The Morgan fingerprint density at radius 3 is 2.55 bits per heavy atom. The van der Waals surface area contributed by atoms with E-state index >= 15 is 0 Å². The van der Waals surface area contributed by atoms with E-state index in [2.05, 4.69) is 20.3 Å². The van der Waals surface area contributed by atoms with Crippen molar-refractivity contribution in [3.05, 3.63) is 42.3 Å². The van der Waals surface area contributed by atoms with E-state index in [4.69, 9.17) is 4.42 Å². The quantitative estimate of drug-likeness (QED) is 0.622. The zero-order valence-corrected chi connectivity index (χ0v) is 17.4. The maximum absolute atomic E-state index is 12.7. The highest BCUT2D eigenvalue weighted by Gasteiger charge is 2.24. The van der Waals surface area contributed by atoms with Gasteiger partial charge in [0.15, 0.2) is 11.7 Å². The van der Waals surface area contributed by atoms with Crippen LogP contribution in [0.1, 0.15) is 24.4 Å². The monoisotopic (exact) mass is 429 g/mol. The first-order chi connectivity index (χ1) is 15.1. The molecule has 0 bridgehead atoms. The Hall–Kier alpha value is -2.94. The molecular formula is C22H25F2N5O2. The van der Waals surface area contributed by atoms with Gasteiger partial charge in [-0.25, -0.2) is 13.8 Å². The Morgan fingerprint density at radius 1 is 1.13 bits per heavy atom. The van der Waals surface area contributed by atoms with Crippen molar-refractivity contribution >= 4 is 16.7 Å². The fourth-order valence-corrected chi connectivity index (χ4v) is 3.82. The summed E-state index contributed by atoms with van der Waals surface area (Å²) >= 11 is 0. The molecule has 0 radical (unpaired) electrons. The van der Waals surface area contributed by atoms with E-state index in [1.54, 1.807) is 30.4 Å². The highest BCUT2D eigenvalue weighted by Crippen LogP contribution is 2.23. The van der Waals surface area contributed by atoms with Gasteiger partial charge in [-0.15, -0.1) is 0 Å². The van der Waals surface area contributed by atoms with Gasteiger partial charge < -0.3 is 14.6 Å². The molecule has 1 amide bonds. The van der Waals surface area contributed by atoms with E-state index in [1.807, 2.05) is 12.1 Å². The number of oxazole rings is 1. The summed E-state index contributed by atoms with van der Waals surface area (Å²) in [6.45, 7) is 1.45. The number of halogens is 2. The smallest absolute Gasteiger partial charge is 0.228 e. The number of carbonyl (C=O) groups is 1. The van der Waals surface area contributed by atoms with Crippen LogP contribution < -0.4 is 5.32 Å². The van der Waals surface area contributed by atoms with Gasteiger partial charge in [-0.1, -0.05) is 0 Å². The van der Waals surface area contributed by atoms with Gasteiger partial charge in [-0.05, 0) is 30.4 Å². The molecule has 0 atom stereocenters. The molecule has 1 aliphatic heterocycles. The molecule has 3 aromatic heterocycles. The maximum atomic E-state index is 12.7. The lowest BCUT2D eigenvalue weighted by Crippen LogP contribution is -2.49. The number of likely N-dealkylation sites (tertiary alicyclic amines) is 1. The van der Waals surface area contributed by atoms with Gasteiger partial charge in [0.1, 0.15) is 19.0 Å². The molecule has 1 fully saturated rings. The minimum absolute atomic E-state index is 0.00188. The minimum atomic E-state index is -0.755. The number of rotatable bonds is 7. The molecule has 1 aliphatic rings. The zero-order chi connectivity index (χ0) is 21.8. The minimum Gasteiger partial charge on any atom is -0.439 e. The SMILES string of the molecule is Cc1ncc(-c2cc3cc(CC(=O)N4CCC(NC(CF)CF)CC4)ncc3cn2)o1. The second kappa shape index (κ2) is 9.47. The van der Waals surface area contributed by atoms with Gasteiger partial charge >= 0.3 is 0 Å². The fourth-order valence-electron chi connectivity index (χ4n) is 3.82. The number of hydrogen-bond acceptors (Lipinski definition) is 6. The molecule has 0 saturated carbocycles. The van der Waals surface area contributed by atoms with Gasteiger partial charge in [-0.2, -0.15) is 0 Å². The molecule has 1 saturated heterocycles. The lowest BCUT2D eigenvalue weighted by molar-refractivity contribution is -0.131. The summed E-state index contributed by atoms with van der Waals surface area (Å²) in [7, 11) is 0. The average molecular weight is 429 g/mol. The number of fused-ring (bicyclic) bond motifs is 1. The molecule has 31 heavy (non-hydrogen) atoms. The van der Waals surface area contributed by atoms with Crippen LogP contribution >= 0.6 is 0 Å². The first kappa shape index (κ1) is 21.3. The first-order valence-corrected chi connectivity index (χ1v) is 10.4. The molecule has 1 N–H and O–H groups in total. The normalized spacial score (nSPS) is 15.2. The van der Waals surface area contributed by atoms with Crippen LogP contribution in [0.4, 0.5) is 8.78 Å². The van der Waals surface area contributed by atoms with Crippen molar-refractivity contribution in [3.8, 4) is 11.5 Å². The third kappa shape index (κ3) is 5.04. The zero-order valence-electron chi connectivity index (χ0n) is 17.4. The molecule has 3 aromatic rings. The number of piperidine rings is 1. The van der Waals surface area contributed by atoms with Crippen molar-refractivity contribution in [1.82, 2.24) is 25.2 Å². The number of nitrogens with zero attached hydrogens (tertiary/aromatic N) is 4. The van der Waals surface area contributed by atoms with Crippen molar-refractivity contribution < 1.29 is 18.0 Å². The highest BCUT2D eigenvalue weighted by molar-refractivity contribution is 5.85. The van der Waals surface area contributed by atoms with Crippen LogP contribution in [-0.2, 0) is 11.2 Å². The number of nitrogens with one attached hydrogen (secondary N) is 1. The number of aryl methyl sites for hydroxylation is 1. The number of aromatic nitrogens is 3. The third-order valence-corrected chi connectivity index (χ3v) is 5.56. The molecule has 4 rings (SSSR count). The number of amides is 1. The molecule has 9 heteroatoms. The van der Waals surface area contributed by atoms with Gasteiger partial charge in [0.25, 0.3) is 0 Å². The Labute approximate surface area is 178 Å². The van der Waals surface area contributed by atoms with Crippen molar-refractivity contribution in [2.75, 3.05) is 26.4 Å². The topological polar surface area (TPSA) is 84.2 Å². The third-order valence-electron chi connectivity index (χ3n) is 5.56. The predicted molar refractivity (Wildman–Crippen MR) is 112 cm³/mol. The number of pyridine rings is 2. The van der Waals surface area contributed by atoms with E-state index in [9.17, 15) is 13.6 Å². The van der Waals surface area contributed by atoms with Crippen LogP contribution in [0.5, 0.6) is 0 Å². The summed E-state index contributed by atoms with van der Waals surface area (Å²) < 4.78 is 31.0. The molecule has 0 aliphatic carbocycles. The Kier molecular flexibility index (Phi) is 6.50. The molecule has 164 valence electrons. The molecule has 0 aromatic carbocycles. The number of alkyl halides is 2. The Morgan fingerprint density at radius 2 is 1.87 bits per heavy atom. The summed E-state index contributed by atoms with van der Waals surface area (Å²) in [5.41, 5.74) is 1.35. The predicted octanol–water partition coefficient (Wildman–Crippen LogP) is 3.02. The van der Waals surface area contributed by atoms with E-state index in [0.717, 1.165) is 10.8 Å². The summed E-state index contributed by atoms with van der Waals surface area (Å²) in [6.07, 6.45) is 6.63. The van der Waals surface area contributed by atoms with Crippen molar-refractivity contribution in [2.24, 2.45) is 0 Å². The van der Waals surface area contributed by atoms with Crippen molar-refractivity contribution in [2.45, 2.75) is 38.3 Å². The molecule has 4 heterocycles. The molecular weight excluding hydrogens is 404 g/mol. The van der Waals surface area contributed by atoms with E-state index in [0.29, 0.717) is 49.0 Å². The van der Waals surface area contributed by atoms with Crippen molar-refractivity contribution in [1.29, 1.82) is 0 Å². The lowest BCUT2D eigenvalue weighted by Gasteiger charge is -2.33. The fraction of sp³-hybridized carbons (Fsp3) is 0.455. The number of carbonyl (C=O) groups excluding carboxylic acids is 1. The van der Waals surface area contributed by atoms with E-state index in [-0.39, 0.29) is 18.4 Å². The van der Waals surface area contributed by atoms with Gasteiger partial charge in [-0.3, -0.25) is 14.8 Å². The van der Waals surface area contributed by atoms with Crippen LogP contribution in [0, 0.1) is 6.92 Å². The van der Waals surface area contributed by atoms with Crippen LogP contribution in [-0.4, -0.2) is 64.3 Å². The summed E-state index contributed by atoms with van der Waals surface area (Å²) in [5, 5.41) is 4.78. The standard InChI is InChI=1S/C22H25F2N5O2/c1-14-25-13-21(31-14)20-7-15-6-18(26-11-16(15)12-27-20)8-22(30)29-4-2-17(3-5-29)28-19(9-23)10-24/h6-7,11-13,17,19,28H,2-5,8-10H2,1H3. The molecule has 7 nitrogen and oxygen atoms in total. The maximum Gasteiger partial charge on any atom is 0.228 e. The van der Waals surface area contributed by atoms with Crippen LogP contribution in [0.25, 0.3) is 22.2 Å². The Bertz CT molecular complexity index is 1050. The Balaban J connectivity index is 1.39. The van der Waals surface area contributed by atoms with Crippen molar-refractivity contribution in [3.63, 3.8) is 0 Å². The lowest BCUT2D eigenvalue weighted by atomic mass is 10.0. The van der Waals surface area contributed by atoms with Gasteiger partial charge in [0.05, 0.1) is 24.4 Å². The molecule has 0 unspecified atom stereocenters. The van der Waals surface area contributed by atoms with Gasteiger partial charge in [0, 0.05) is 43.8 Å². The summed E-state index contributed by atoms with van der Waals surface area (Å²) in [5.74, 6) is 1.16. The highest BCUT2D eigenvalue weighted by atomic mass is 19.1. The second-order valence-electron chi connectivity index (χ2n) is 7.84. The summed E-state index contributed by atoms with van der Waals surface area (Å²) in [6, 6.07) is 3.07. The van der Waals surface area contributed by atoms with Crippen LogP contribution in [0.2, 0.25) is 0 Å².